The SMILES string of the molecule is Oc1ccc(CNCc2nnc3ccccn23)cc1O. The molecule has 0 saturated heterocycles. The Labute approximate surface area is 115 Å². The highest BCUT2D eigenvalue weighted by Gasteiger charge is 2.04. The summed E-state index contributed by atoms with van der Waals surface area (Å²) >= 11 is 0. The Bertz CT molecular complexity index is 739. The van der Waals surface area contributed by atoms with Crippen molar-refractivity contribution in [2.45, 2.75) is 13.1 Å². The van der Waals surface area contributed by atoms with E-state index in [2.05, 4.69) is 15.5 Å². The second-order valence-corrected chi connectivity index (χ2v) is 4.47. The molecule has 0 fully saturated rings. The van der Waals surface area contributed by atoms with Crippen molar-refractivity contribution < 1.29 is 10.2 Å². The van der Waals surface area contributed by atoms with E-state index in [-0.39, 0.29) is 11.5 Å². The van der Waals surface area contributed by atoms with Gasteiger partial charge in [0.25, 0.3) is 0 Å². The van der Waals surface area contributed by atoms with Crippen LogP contribution < -0.4 is 5.32 Å². The molecule has 1 aromatic carbocycles. The number of phenols is 2. The highest BCUT2D eigenvalue weighted by Crippen LogP contribution is 2.24. The van der Waals surface area contributed by atoms with Crippen LogP contribution in [0.4, 0.5) is 0 Å². The quantitative estimate of drug-likeness (QED) is 0.625. The average Bonchev–Trinajstić information content (AvgIpc) is 2.86. The van der Waals surface area contributed by atoms with Gasteiger partial charge in [-0.25, -0.2) is 0 Å². The van der Waals surface area contributed by atoms with Crippen molar-refractivity contribution >= 4 is 5.65 Å². The van der Waals surface area contributed by atoms with Gasteiger partial charge in [0.15, 0.2) is 23.0 Å². The molecule has 3 aromatic rings. The predicted molar refractivity (Wildman–Crippen MR) is 73.3 cm³/mol. The third kappa shape index (κ3) is 2.41. The van der Waals surface area contributed by atoms with Gasteiger partial charge in [0.1, 0.15) is 0 Å². The second kappa shape index (κ2) is 5.18. The van der Waals surface area contributed by atoms with E-state index >= 15 is 0 Å². The van der Waals surface area contributed by atoms with Crippen molar-refractivity contribution in [3.63, 3.8) is 0 Å². The summed E-state index contributed by atoms with van der Waals surface area (Å²) in [6, 6.07) is 10.5. The van der Waals surface area contributed by atoms with Crippen molar-refractivity contribution in [2.24, 2.45) is 0 Å². The summed E-state index contributed by atoms with van der Waals surface area (Å²) in [5.41, 5.74) is 1.70. The smallest absolute Gasteiger partial charge is 0.160 e. The first-order valence-electron chi connectivity index (χ1n) is 6.24. The largest absolute Gasteiger partial charge is 0.504 e. The van der Waals surface area contributed by atoms with E-state index in [0.717, 1.165) is 17.0 Å². The number of aromatic hydroxyl groups is 2. The van der Waals surface area contributed by atoms with E-state index in [1.54, 1.807) is 6.07 Å². The maximum absolute atomic E-state index is 9.42. The zero-order valence-corrected chi connectivity index (χ0v) is 10.7. The molecule has 2 heterocycles. The standard InChI is InChI=1S/C14H14N4O2/c19-11-5-4-10(7-12(11)20)8-15-9-14-17-16-13-3-1-2-6-18(13)14/h1-7,15,19-20H,8-9H2. The van der Waals surface area contributed by atoms with Crippen LogP contribution in [0.5, 0.6) is 11.5 Å². The molecule has 0 radical (unpaired) electrons. The molecule has 0 aliphatic heterocycles. The third-order valence-electron chi connectivity index (χ3n) is 3.04. The summed E-state index contributed by atoms with van der Waals surface area (Å²) in [7, 11) is 0. The van der Waals surface area contributed by atoms with Gasteiger partial charge in [-0.15, -0.1) is 10.2 Å². The van der Waals surface area contributed by atoms with Crippen LogP contribution in [0.15, 0.2) is 42.6 Å². The zero-order valence-electron chi connectivity index (χ0n) is 10.7. The first kappa shape index (κ1) is 12.4. The minimum absolute atomic E-state index is 0.114. The van der Waals surface area contributed by atoms with Crippen LogP contribution in [0.2, 0.25) is 0 Å². The molecule has 0 aliphatic carbocycles. The van der Waals surface area contributed by atoms with Crippen LogP contribution in [-0.4, -0.2) is 24.8 Å². The molecule has 102 valence electrons. The Kier molecular flexibility index (Phi) is 3.22. The molecular formula is C14H14N4O2. The minimum Gasteiger partial charge on any atom is -0.504 e. The molecule has 0 saturated carbocycles. The number of benzene rings is 1. The Morgan fingerprint density at radius 1 is 1.00 bits per heavy atom. The molecule has 0 unspecified atom stereocenters. The Morgan fingerprint density at radius 3 is 2.75 bits per heavy atom. The predicted octanol–water partition coefficient (Wildman–Crippen LogP) is 1.43. The van der Waals surface area contributed by atoms with Crippen LogP contribution in [0.1, 0.15) is 11.4 Å². The van der Waals surface area contributed by atoms with E-state index in [9.17, 15) is 10.2 Å². The van der Waals surface area contributed by atoms with Gasteiger partial charge in [-0.1, -0.05) is 12.1 Å². The van der Waals surface area contributed by atoms with Crippen molar-refractivity contribution in [1.29, 1.82) is 0 Å². The van der Waals surface area contributed by atoms with Crippen LogP contribution in [0.25, 0.3) is 5.65 Å². The highest BCUT2D eigenvalue weighted by molar-refractivity contribution is 5.40. The minimum atomic E-state index is -0.114. The fraction of sp³-hybridized carbons (Fsp3) is 0.143. The Balaban J connectivity index is 1.66. The summed E-state index contributed by atoms with van der Waals surface area (Å²) in [5.74, 6) is 0.595. The van der Waals surface area contributed by atoms with Gasteiger partial charge in [0, 0.05) is 12.7 Å². The molecular weight excluding hydrogens is 256 g/mol. The number of rotatable bonds is 4. The molecule has 0 atom stereocenters. The van der Waals surface area contributed by atoms with Gasteiger partial charge >= 0.3 is 0 Å². The number of hydrogen-bond donors (Lipinski definition) is 3. The van der Waals surface area contributed by atoms with E-state index < -0.39 is 0 Å². The van der Waals surface area contributed by atoms with Crippen molar-refractivity contribution in [3.05, 3.63) is 54.0 Å². The van der Waals surface area contributed by atoms with E-state index in [4.69, 9.17) is 0 Å². The number of nitrogens with one attached hydrogen (secondary N) is 1. The lowest BCUT2D eigenvalue weighted by Gasteiger charge is -2.05. The van der Waals surface area contributed by atoms with Gasteiger partial charge in [0.05, 0.1) is 6.54 Å². The molecule has 6 heteroatoms. The fourth-order valence-electron chi connectivity index (χ4n) is 2.01. The molecule has 20 heavy (non-hydrogen) atoms. The van der Waals surface area contributed by atoms with Crippen LogP contribution >= 0.6 is 0 Å². The third-order valence-corrected chi connectivity index (χ3v) is 3.04. The summed E-state index contributed by atoms with van der Waals surface area (Å²) < 4.78 is 1.92. The molecule has 0 spiro atoms. The Morgan fingerprint density at radius 2 is 1.90 bits per heavy atom. The summed E-state index contributed by atoms with van der Waals surface area (Å²) in [5, 5.41) is 30.1. The first-order chi connectivity index (χ1) is 9.74. The lowest BCUT2D eigenvalue weighted by atomic mass is 10.2. The van der Waals surface area contributed by atoms with Crippen molar-refractivity contribution in [2.75, 3.05) is 0 Å². The number of phenolic OH excluding ortho intramolecular Hbond substituents is 2. The van der Waals surface area contributed by atoms with E-state index in [1.165, 1.54) is 12.1 Å². The lowest BCUT2D eigenvalue weighted by molar-refractivity contribution is 0.403. The molecule has 3 rings (SSSR count). The average molecular weight is 270 g/mol. The fourth-order valence-corrected chi connectivity index (χ4v) is 2.01. The van der Waals surface area contributed by atoms with E-state index in [1.807, 2.05) is 28.8 Å². The maximum Gasteiger partial charge on any atom is 0.160 e. The summed E-state index contributed by atoms with van der Waals surface area (Å²) in [6.07, 6.45) is 1.92. The molecule has 0 aliphatic rings. The second-order valence-electron chi connectivity index (χ2n) is 4.47. The lowest BCUT2D eigenvalue weighted by Crippen LogP contribution is -2.14. The first-order valence-corrected chi connectivity index (χ1v) is 6.24. The molecule has 3 N–H and O–H groups in total. The number of fused-ring (bicyclic) bond motifs is 1. The molecule has 0 bridgehead atoms. The van der Waals surface area contributed by atoms with Gasteiger partial charge in [0.2, 0.25) is 0 Å². The van der Waals surface area contributed by atoms with Gasteiger partial charge in [-0.05, 0) is 29.8 Å². The maximum atomic E-state index is 9.42. The zero-order chi connectivity index (χ0) is 13.9. The number of pyridine rings is 1. The molecule has 0 amide bonds. The van der Waals surface area contributed by atoms with Gasteiger partial charge in [-0.3, -0.25) is 4.40 Å². The molecule has 2 aromatic heterocycles. The monoisotopic (exact) mass is 270 g/mol. The van der Waals surface area contributed by atoms with Crippen LogP contribution in [0.3, 0.4) is 0 Å². The molecule has 6 nitrogen and oxygen atoms in total. The van der Waals surface area contributed by atoms with Crippen LogP contribution in [-0.2, 0) is 13.1 Å². The Hall–Kier alpha value is -2.60. The normalized spacial score (nSPS) is 11.0. The van der Waals surface area contributed by atoms with Gasteiger partial charge in [-0.2, -0.15) is 0 Å². The number of nitrogens with zero attached hydrogens (tertiary/aromatic N) is 3. The van der Waals surface area contributed by atoms with Gasteiger partial charge < -0.3 is 15.5 Å². The summed E-state index contributed by atoms with van der Waals surface area (Å²) in [4.78, 5) is 0. The van der Waals surface area contributed by atoms with Crippen molar-refractivity contribution in [3.8, 4) is 11.5 Å². The highest BCUT2D eigenvalue weighted by atomic mass is 16.3. The van der Waals surface area contributed by atoms with Crippen molar-refractivity contribution in [1.82, 2.24) is 19.9 Å². The van der Waals surface area contributed by atoms with Crippen LogP contribution in [0, 0.1) is 0 Å². The number of aromatic nitrogens is 3. The topological polar surface area (TPSA) is 82.7 Å². The van der Waals surface area contributed by atoms with E-state index in [0.29, 0.717) is 13.1 Å². The number of hydrogen-bond acceptors (Lipinski definition) is 5. The summed E-state index contributed by atoms with van der Waals surface area (Å²) in [6.45, 7) is 1.13.